The number of hydrogen-bond donors (Lipinski definition) is 0. The number of rotatable bonds is 1. The van der Waals surface area contributed by atoms with Gasteiger partial charge in [-0.25, -0.2) is 0 Å². The minimum atomic E-state index is -0.0139. The van der Waals surface area contributed by atoms with Crippen molar-refractivity contribution < 1.29 is 4.74 Å². The van der Waals surface area contributed by atoms with Gasteiger partial charge < -0.3 is 4.74 Å². The van der Waals surface area contributed by atoms with Crippen molar-refractivity contribution in [2.45, 2.75) is 18.9 Å². The van der Waals surface area contributed by atoms with E-state index in [-0.39, 0.29) is 5.54 Å². The lowest BCUT2D eigenvalue weighted by Gasteiger charge is -2.24. The van der Waals surface area contributed by atoms with Crippen molar-refractivity contribution in [2.75, 3.05) is 13.2 Å². The van der Waals surface area contributed by atoms with Gasteiger partial charge in [0, 0.05) is 6.42 Å². The Kier molecular flexibility index (Phi) is 1.22. The topological polar surface area (TPSA) is 13.6 Å². The SMILES string of the molecule is C#[N+]C1(CC)COC1. The third-order valence-electron chi connectivity index (χ3n) is 1.67. The van der Waals surface area contributed by atoms with Crippen molar-refractivity contribution in [2.24, 2.45) is 0 Å². The minimum absolute atomic E-state index is 0.0139. The first-order valence-corrected chi connectivity index (χ1v) is 2.83. The summed E-state index contributed by atoms with van der Waals surface area (Å²) in [5.74, 6) is 0. The molecule has 1 saturated heterocycles. The van der Waals surface area contributed by atoms with Crippen LogP contribution in [-0.4, -0.2) is 18.8 Å². The molecule has 0 N–H and O–H groups in total. The van der Waals surface area contributed by atoms with Gasteiger partial charge in [-0.1, -0.05) is 11.8 Å². The van der Waals surface area contributed by atoms with Crippen LogP contribution in [0.25, 0.3) is 4.85 Å². The Balaban J connectivity index is 2.49. The summed E-state index contributed by atoms with van der Waals surface area (Å²) >= 11 is 0. The van der Waals surface area contributed by atoms with E-state index in [9.17, 15) is 0 Å². The third-order valence-corrected chi connectivity index (χ3v) is 1.67. The first kappa shape index (κ1) is 5.58. The van der Waals surface area contributed by atoms with Crippen LogP contribution in [0.5, 0.6) is 0 Å². The molecule has 2 heteroatoms. The molecule has 0 unspecified atom stereocenters. The molecule has 44 valence electrons. The number of ether oxygens (including phenoxy) is 1. The second-order valence-corrected chi connectivity index (χ2v) is 2.20. The van der Waals surface area contributed by atoms with E-state index < -0.39 is 0 Å². The highest BCUT2D eigenvalue weighted by atomic mass is 16.5. The van der Waals surface area contributed by atoms with Gasteiger partial charge in [-0.2, -0.15) is 0 Å². The lowest BCUT2D eigenvalue weighted by atomic mass is 9.96. The molecule has 0 radical (unpaired) electrons. The molecule has 1 heterocycles. The fourth-order valence-electron chi connectivity index (χ4n) is 0.708. The second kappa shape index (κ2) is 1.75. The number of hydrogen-bond acceptors (Lipinski definition) is 1. The zero-order valence-corrected chi connectivity index (χ0v) is 5.05. The van der Waals surface area contributed by atoms with E-state index in [1.54, 1.807) is 0 Å². The maximum absolute atomic E-state index is 5.12. The van der Waals surface area contributed by atoms with Crippen molar-refractivity contribution >= 4 is 0 Å². The van der Waals surface area contributed by atoms with Crippen LogP contribution in [0.1, 0.15) is 13.3 Å². The Bertz CT molecular complexity index is 115. The molecular formula is C6H10NO+. The first-order chi connectivity index (χ1) is 3.83. The molecule has 1 rings (SSSR count). The molecule has 2 nitrogen and oxygen atoms in total. The summed E-state index contributed by atoms with van der Waals surface area (Å²) in [5, 5.41) is 0. The van der Waals surface area contributed by atoms with Crippen LogP contribution in [0, 0.1) is 6.57 Å². The normalized spacial score (nSPS) is 23.5. The molecule has 0 saturated carbocycles. The van der Waals surface area contributed by atoms with E-state index in [1.165, 1.54) is 0 Å². The molecule has 0 aromatic carbocycles. The fourth-order valence-corrected chi connectivity index (χ4v) is 0.708. The van der Waals surface area contributed by atoms with E-state index in [0.29, 0.717) is 13.2 Å². The van der Waals surface area contributed by atoms with Crippen LogP contribution < -0.4 is 0 Å². The van der Waals surface area contributed by atoms with Crippen LogP contribution in [0.4, 0.5) is 0 Å². The molecule has 0 aromatic rings. The van der Waals surface area contributed by atoms with Gasteiger partial charge in [-0.15, -0.1) is 0 Å². The molecule has 0 spiro atoms. The molecule has 0 bridgehead atoms. The molecule has 0 aromatic heterocycles. The number of nitrogens with zero attached hydrogens (tertiary/aromatic N) is 1. The highest BCUT2D eigenvalue weighted by Gasteiger charge is 2.47. The lowest BCUT2D eigenvalue weighted by Crippen LogP contribution is -2.45. The zero-order chi connectivity index (χ0) is 6.04. The summed E-state index contributed by atoms with van der Waals surface area (Å²) < 4.78 is 4.95. The fraction of sp³-hybridized carbons (Fsp3) is 0.833. The molecular weight excluding hydrogens is 102 g/mol. The van der Waals surface area contributed by atoms with E-state index in [0.717, 1.165) is 6.42 Å². The van der Waals surface area contributed by atoms with Crippen molar-refractivity contribution in [1.29, 1.82) is 0 Å². The van der Waals surface area contributed by atoms with E-state index in [2.05, 4.69) is 11.8 Å². The molecule has 0 aliphatic carbocycles. The summed E-state index contributed by atoms with van der Waals surface area (Å²) in [6.45, 7) is 8.61. The van der Waals surface area contributed by atoms with Crippen molar-refractivity contribution in [3.8, 4) is 6.57 Å². The van der Waals surface area contributed by atoms with Gasteiger partial charge in [-0.05, 0) is 0 Å². The Labute approximate surface area is 49.3 Å². The van der Waals surface area contributed by atoms with Gasteiger partial charge >= 0.3 is 5.54 Å². The molecule has 1 aliphatic rings. The predicted molar refractivity (Wildman–Crippen MR) is 32.1 cm³/mol. The maximum atomic E-state index is 5.12. The van der Waals surface area contributed by atoms with Crippen molar-refractivity contribution in [3.63, 3.8) is 0 Å². The lowest BCUT2D eigenvalue weighted by molar-refractivity contribution is -0.0337. The zero-order valence-electron chi connectivity index (χ0n) is 5.05. The van der Waals surface area contributed by atoms with Crippen molar-refractivity contribution in [3.05, 3.63) is 4.85 Å². The minimum Gasteiger partial charge on any atom is -0.364 e. The van der Waals surface area contributed by atoms with Gasteiger partial charge in [-0.3, -0.25) is 0 Å². The summed E-state index contributed by atoms with van der Waals surface area (Å²) in [7, 11) is 0. The van der Waals surface area contributed by atoms with Crippen molar-refractivity contribution in [1.82, 2.24) is 0 Å². The summed E-state index contributed by atoms with van der Waals surface area (Å²) in [6, 6.07) is 0. The average Bonchev–Trinajstić information content (AvgIpc) is 1.67. The summed E-state index contributed by atoms with van der Waals surface area (Å²) in [5.41, 5.74) is -0.0139. The highest BCUT2D eigenvalue weighted by molar-refractivity contribution is 5.04. The molecule has 1 fully saturated rings. The van der Waals surface area contributed by atoms with E-state index >= 15 is 0 Å². The summed E-state index contributed by atoms with van der Waals surface area (Å²) in [6.07, 6.45) is 0.990. The highest BCUT2D eigenvalue weighted by Crippen LogP contribution is 2.24. The van der Waals surface area contributed by atoms with Crippen LogP contribution in [-0.2, 0) is 4.74 Å². The summed E-state index contributed by atoms with van der Waals surface area (Å²) in [4.78, 5) is 3.72. The Morgan fingerprint density at radius 2 is 2.38 bits per heavy atom. The Hall–Kier alpha value is -0.550. The van der Waals surface area contributed by atoms with E-state index in [1.807, 2.05) is 0 Å². The van der Waals surface area contributed by atoms with Crippen LogP contribution >= 0.6 is 0 Å². The molecule has 0 amide bonds. The molecule has 1 aliphatic heterocycles. The predicted octanol–water partition coefficient (Wildman–Crippen LogP) is 1.13. The monoisotopic (exact) mass is 112 g/mol. The van der Waals surface area contributed by atoms with Crippen LogP contribution in [0.2, 0.25) is 0 Å². The Morgan fingerprint density at radius 1 is 1.75 bits per heavy atom. The second-order valence-electron chi connectivity index (χ2n) is 2.20. The standard InChI is InChI=1S/C6H10NO/c1-3-6(7-2)4-8-5-6/h2H,3-5H2,1H3/q+1. The third kappa shape index (κ3) is 0.597. The Morgan fingerprint density at radius 3 is 2.38 bits per heavy atom. The quantitative estimate of drug-likeness (QED) is 0.495. The molecule has 8 heavy (non-hydrogen) atoms. The van der Waals surface area contributed by atoms with Crippen LogP contribution in [0.15, 0.2) is 0 Å². The maximum Gasteiger partial charge on any atom is 0.325 e. The van der Waals surface area contributed by atoms with Crippen LogP contribution in [0.3, 0.4) is 0 Å². The average molecular weight is 112 g/mol. The van der Waals surface area contributed by atoms with Gasteiger partial charge in [0.25, 0.3) is 6.57 Å². The van der Waals surface area contributed by atoms with E-state index in [4.69, 9.17) is 11.3 Å². The van der Waals surface area contributed by atoms with Gasteiger partial charge in [0.05, 0.1) is 0 Å². The van der Waals surface area contributed by atoms with Gasteiger partial charge in [0.1, 0.15) is 13.2 Å². The first-order valence-electron chi connectivity index (χ1n) is 2.83. The molecule has 0 atom stereocenters. The van der Waals surface area contributed by atoms with Gasteiger partial charge in [0.2, 0.25) is 0 Å². The smallest absolute Gasteiger partial charge is 0.325 e. The largest absolute Gasteiger partial charge is 0.364 e. The van der Waals surface area contributed by atoms with Gasteiger partial charge in [0.15, 0.2) is 0 Å².